The number of carbonyl (C=O) groups excluding carboxylic acids is 1. The third-order valence-electron chi connectivity index (χ3n) is 3.24. The molecule has 0 spiro atoms. The van der Waals surface area contributed by atoms with Gasteiger partial charge in [-0.15, -0.1) is 11.3 Å². The highest BCUT2D eigenvalue weighted by atomic mass is 32.1. The summed E-state index contributed by atoms with van der Waals surface area (Å²) >= 11 is 1.32. The number of aliphatic carboxylic acids is 1. The lowest BCUT2D eigenvalue weighted by molar-refractivity contribution is -0.145. The van der Waals surface area contributed by atoms with Gasteiger partial charge in [-0.2, -0.15) is 0 Å². The number of carboxylic acids is 1. The average molecular weight is 321 g/mol. The van der Waals surface area contributed by atoms with Crippen LogP contribution in [0.3, 0.4) is 0 Å². The van der Waals surface area contributed by atoms with Gasteiger partial charge >= 0.3 is 5.97 Å². The summed E-state index contributed by atoms with van der Waals surface area (Å²) in [5.74, 6) is -0.822. The first-order valence-electron chi connectivity index (χ1n) is 7.08. The highest BCUT2D eigenvalue weighted by Crippen LogP contribution is 2.39. The number of ether oxygens (including phenoxy) is 1. The van der Waals surface area contributed by atoms with Gasteiger partial charge in [0, 0.05) is 24.2 Å². The van der Waals surface area contributed by atoms with Crippen molar-refractivity contribution in [3.63, 3.8) is 0 Å². The fraction of sp³-hybridized carbons (Fsp3) is 0.375. The van der Waals surface area contributed by atoms with E-state index in [4.69, 9.17) is 4.74 Å². The third kappa shape index (κ3) is 3.22. The van der Waals surface area contributed by atoms with Gasteiger partial charge in [-0.05, 0) is 18.6 Å². The number of benzene rings is 1. The zero-order valence-electron chi connectivity index (χ0n) is 12.8. The van der Waals surface area contributed by atoms with Crippen molar-refractivity contribution in [2.45, 2.75) is 25.9 Å². The standard InChI is InChI=1S/C16H19NO4S/c1-4-7-11(16(19)20)21-13-10-8-5-6-9-12(10)22-14(13)15(18)17(2)3/h5-6,8-9,11H,4,7H2,1-3H3,(H,19,20). The molecule has 0 saturated heterocycles. The molecule has 1 heterocycles. The molecule has 1 aromatic heterocycles. The van der Waals surface area contributed by atoms with E-state index in [0.717, 1.165) is 10.1 Å². The molecule has 118 valence electrons. The van der Waals surface area contributed by atoms with E-state index >= 15 is 0 Å². The molecular weight excluding hydrogens is 302 g/mol. The van der Waals surface area contributed by atoms with Crippen LogP contribution in [0.1, 0.15) is 29.4 Å². The molecule has 5 nitrogen and oxygen atoms in total. The fourth-order valence-corrected chi connectivity index (χ4v) is 3.28. The summed E-state index contributed by atoms with van der Waals surface area (Å²) in [6.07, 6.45) is 0.141. The summed E-state index contributed by atoms with van der Waals surface area (Å²) in [6, 6.07) is 7.47. The van der Waals surface area contributed by atoms with Crippen LogP contribution in [0.4, 0.5) is 0 Å². The van der Waals surface area contributed by atoms with Gasteiger partial charge in [0.1, 0.15) is 4.88 Å². The Bertz CT molecular complexity index is 693. The SMILES string of the molecule is CCCC(Oc1c(C(=O)N(C)C)sc2ccccc12)C(=O)O. The van der Waals surface area contributed by atoms with Crippen molar-refractivity contribution < 1.29 is 19.4 Å². The summed E-state index contributed by atoms with van der Waals surface area (Å²) in [5, 5.41) is 10.1. The molecule has 0 fully saturated rings. The Morgan fingerprint density at radius 3 is 2.59 bits per heavy atom. The monoisotopic (exact) mass is 321 g/mol. The Morgan fingerprint density at radius 2 is 2.00 bits per heavy atom. The number of rotatable bonds is 6. The Morgan fingerprint density at radius 1 is 1.32 bits per heavy atom. The van der Waals surface area contributed by atoms with Gasteiger partial charge < -0.3 is 14.7 Å². The van der Waals surface area contributed by atoms with Crippen molar-refractivity contribution in [1.29, 1.82) is 0 Å². The number of fused-ring (bicyclic) bond motifs is 1. The van der Waals surface area contributed by atoms with E-state index in [1.165, 1.54) is 16.2 Å². The van der Waals surface area contributed by atoms with Crippen molar-refractivity contribution in [3.8, 4) is 5.75 Å². The molecule has 0 aliphatic rings. The molecule has 0 aliphatic heterocycles. The maximum Gasteiger partial charge on any atom is 0.344 e. The van der Waals surface area contributed by atoms with Crippen molar-refractivity contribution >= 4 is 33.3 Å². The molecular formula is C16H19NO4S. The van der Waals surface area contributed by atoms with Crippen molar-refractivity contribution in [3.05, 3.63) is 29.1 Å². The first-order chi connectivity index (χ1) is 10.5. The Balaban J connectivity index is 2.51. The molecule has 2 aromatic rings. The molecule has 1 unspecified atom stereocenters. The summed E-state index contributed by atoms with van der Waals surface area (Å²) in [4.78, 5) is 25.6. The lowest BCUT2D eigenvalue weighted by atomic mass is 10.2. The van der Waals surface area contributed by atoms with Gasteiger partial charge in [-0.3, -0.25) is 4.79 Å². The van der Waals surface area contributed by atoms with Gasteiger partial charge in [0.25, 0.3) is 5.91 Å². The first kappa shape index (κ1) is 16.3. The average Bonchev–Trinajstić information content (AvgIpc) is 2.84. The van der Waals surface area contributed by atoms with E-state index in [9.17, 15) is 14.7 Å². The zero-order valence-corrected chi connectivity index (χ0v) is 13.6. The summed E-state index contributed by atoms with van der Waals surface area (Å²) < 4.78 is 6.64. The normalized spacial score (nSPS) is 12.1. The molecule has 0 saturated carbocycles. The number of carbonyl (C=O) groups is 2. The third-order valence-corrected chi connectivity index (χ3v) is 4.38. The maximum absolute atomic E-state index is 12.4. The lowest BCUT2D eigenvalue weighted by Crippen LogP contribution is -2.28. The zero-order chi connectivity index (χ0) is 16.3. The Hall–Kier alpha value is -2.08. The summed E-state index contributed by atoms with van der Waals surface area (Å²) in [6.45, 7) is 1.90. The van der Waals surface area contributed by atoms with Crippen LogP contribution in [0.2, 0.25) is 0 Å². The number of thiophene rings is 1. The van der Waals surface area contributed by atoms with Crippen LogP contribution < -0.4 is 4.74 Å². The minimum absolute atomic E-state index is 0.183. The minimum atomic E-state index is -1.01. The lowest BCUT2D eigenvalue weighted by Gasteiger charge is -2.16. The van der Waals surface area contributed by atoms with Gasteiger partial charge in [0.2, 0.25) is 0 Å². The molecule has 1 atom stereocenters. The van der Waals surface area contributed by atoms with Crippen LogP contribution in [0, 0.1) is 0 Å². The van der Waals surface area contributed by atoms with E-state index in [1.54, 1.807) is 14.1 Å². The van der Waals surface area contributed by atoms with Crippen LogP contribution in [0.25, 0.3) is 10.1 Å². The predicted octanol–water partition coefficient (Wildman–Crippen LogP) is 3.24. The largest absolute Gasteiger partial charge is 0.479 e. The number of hydrogen-bond donors (Lipinski definition) is 1. The van der Waals surface area contributed by atoms with E-state index in [2.05, 4.69) is 0 Å². The second-order valence-electron chi connectivity index (χ2n) is 5.19. The quantitative estimate of drug-likeness (QED) is 0.887. The van der Waals surface area contributed by atoms with Crippen molar-refractivity contribution in [1.82, 2.24) is 4.90 Å². The molecule has 0 radical (unpaired) electrons. The van der Waals surface area contributed by atoms with E-state index in [-0.39, 0.29) is 5.91 Å². The minimum Gasteiger partial charge on any atom is -0.479 e. The molecule has 0 bridgehead atoms. The van der Waals surface area contributed by atoms with Gasteiger partial charge in [-0.25, -0.2) is 4.79 Å². The van der Waals surface area contributed by atoms with Crippen LogP contribution in [-0.2, 0) is 4.79 Å². The molecule has 6 heteroatoms. The first-order valence-corrected chi connectivity index (χ1v) is 7.90. The second-order valence-corrected chi connectivity index (χ2v) is 6.24. The molecule has 2 rings (SSSR count). The van der Waals surface area contributed by atoms with Crippen LogP contribution in [0.15, 0.2) is 24.3 Å². The maximum atomic E-state index is 12.4. The highest BCUT2D eigenvalue weighted by Gasteiger charge is 2.26. The topological polar surface area (TPSA) is 66.8 Å². The number of nitrogens with zero attached hydrogens (tertiary/aromatic N) is 1. The van der Waals surface area contributed by atoms with Crippen LogP contribution in [0.5, 0.6) is 5.75 Å². The van der Waals surface area contributed by atoms with Crippen LogP contribution in [-0.4, -0.2) is 42.1 Å². The van der Waals surface area contributed by atoms with Gasteiger partial charge in [-0.1, -0.05) is 25.5 Å². The Kier molecular flexibility index (Phi) is 5.03. The highest BCUT2D eigenvalue weighted by molar-refractivity contribution is 7.21. The fourth-order valence-electron chi connectivity index (χ4n) is 2.12. The van der Waals surface area contributed by atoms with E-state index in [0.29, 0.717) is 23.5 Å². The predicted molar refractivity (Wildman–Crippen MR) is 86.8 cm³/mol. The Labute approximate surface area is 133 Å². The summed E-state index contributed by atoms with van der Waals surface area (Å²) in [7, 11) is 3.33. The molecule has 1 N–H and O–H groups in total. The van der Waals surface area contributed by atoms with Gasteiger partial charge in [0.05, 0.1) is 0 Å². The van der Waals surface area contributed by atoms with E-state index in [1.807, 2.05) is 31.2 Å². The summed E-state index contributed by atoms with van der Waals surface area (Å²) in [5.41, 5.74) is 0. The molecule has 22 heavy (non-hydrogen) atoms. The number of amides is 1. The van der Waals surface area contributed by atoms with Gasteiger partial charge in [0.15, 0.2) is 11.9 Å². The number of carboxylic acid groups (broad SMARTS) is 1. The van der Waals surface area contributed by atoms with E-state index < -0.39 is 12.1 Å². The van der Waals surface area contributed by atoms with Crippen molar-refractivity contribution in [2.24, 2.45) is 0 Å². The molecule has 1 aromatic carbocycles. The second kappa shape index (κ2) is 6.79. The number of hydrogen-bond acceptors (Lipinski definition) is 4. The van der Waals surface area contributed by atoms with Crippen LogP contribution >= 0.6 is 11.3 Å². The molecule has 1 amide bonds. The molecule has 0 aliphatic carbocycles. The smallest absolute Gasteiger partial charge is 0.344 e. The van der Waals surface area contributed by atoms with Crippen molar-refractivity contribution in [2.75, 3.05) is 14.1 Å².